The number of carbonyl (C=O) groups is 2. The van der Waals surface area contributed by atoms with Crippen molar-refractivity contribution in [2.45, 2.75) is 12.8 Å². The molecule has 1 amide bonds. The number of aromatic amines is 1. The molecule has 3 N–H and O–H groups in total. The van der Waals surface area contributed by atoms with E-state index in [-0.39, 0.29) is 17.8 Å². The van der Waals surface area contributed by atoms with Crippen LogP contribution in [0.1, 0.15) is 23.3 Å². The number of carboxylic acid groups (broad SMARTS) is 1. The summed E-state index contributed by atoms with van der Waals surface area (Å²) < 4.78 is 18.9. The maximum atomic E-state index is 13.8. The van der Waals surface area contributed by atoms with E-state index < -0.39 is 23.1 Å². The first-order chi connectivity index (χ1) is 10.5. The van der Waals surface area contributed by atoms with Gasteiger partial charge < -0.3 is 20.1 Å². The van der Waals surface area contributed by atoms with E-state index in [0.29, 0.717) is 24.0 Å². The summed E-state index contributed by atoms with van der Waals surface area (Å²) in [6.07, 6.45) is 1.11. The number of hydrogen-bond acceptors (Lipinski definition) is 3. The number of methoxy groups -OCH3 is 1. The first-order valence-electron chi connectivity index (χ1n) is 6.84. The molecule has 1 saturated carbocycles. The summed E-state index contributed by atoms with van der Waals surface area (Å²) in [5, 5.41) is 12.1. The molecule has 0 radical (unpaired) electrons. The number of aliphatic carboxylic acids is 1. The smallest absolute Gasteiger partial charge is 0.311 e. The lowest BCUT2D eigenvalue weighted by molar-refractivity contribution is -0.143. The van der Waals surface area contributed by atoms with Gasteiger partial charge in [0.2, 0.25) is 0 Å². The molecule has 1 heterocycles. The number of halogens is 1. The number of amides is 1. The Bertz CT molecular complexity index is 764. The van der Waals surface area contributed by atoms with E-state index >= 15 is 0 Å². The van der Waals surface area contributed by atoms with Crippen LogP contribution in [0.25, 0.3) is 10.9 Å². The van der Waals surface area contributed by atoms with Gasteiger partial charge in [-0.2, -0.15) is 0 Å². The Balaban J connectivity index is 1.83. The molecule has 1 aromatic heterocycles. The standard InChI is InChI=1S/C15H15FN2O4/c1-22-11-3-2-9(16)12-8(11)6-10(18-12)13(19)17-7-15(4-5-15)14(20)21/h2-3,6,18H,4-5,7H2,1H3,(H,17,19)(H,20,21). The zero-order chi connectivity index (χ0) is 15.9. The first kappa shape index (κ1) is 14.4. The lowest BCUT2D eigenvalue weighted by Crippen LogP contribution is -2.34. The van der Waals surface area contributed by atoms with Crippen molar-refractivity contribution >= 4 is 22.8 Å². The number of nitrogens with one attached hydrogen (secondary N) is 2. The van der Waals surface area contributed by atoms with Gasteiger partial charge in [-0.25, -0.2) is 4.39 Å². The fraction of sp³-hybridized carbons (Fsp3) is 0.333. The van der Waals surface area contributed by atoms with E-state index in [1.54, 1.807) is 0 Å². The van der Waals surface area contributed by atoms with Crippen LogP contribution in [-0.2, 0) is 4.79 Å². The molecule has 1 aromatic carbocycles. The highest BCUT2D eigenvalue weighted by Gasteiger charge is 2.50. The van der Waals surface area contributed by atoms with Crippen molar-refractivity contribution in [1.29, 1.82) is 0 Å². The van der Waals surface area contributed by atoms with E-state index in [9.17, 15) is 14.0 Å². The third-order valence-electron chi connectivity index (χ3n) is 4.06. The molecule has 1 aliphatic rings. The molecule has 0 aliphatic heterocycles. The molecule has 0 bridgehead atoms. The molecule has 0 atom stereocenters. The molecule has 22 heavy (non-hydrogen) atoms. The third-order valence-corrected chi connectivity index (χ3v) is 4.06. The average molecular weight is 306 g/mol. The Hall–Kier alpha value is -2.57. The third kappa shape index (κ3) is 2.28. The van der Waals surface area contributed by atoms with E-state index in [0.717, 1.165) is 0 Å². The van der Waals surface area contributed by atoms with Crippen molar-refractivity contribution < 1.29 is 23.8 Å². The molecule has 6 nitrogen and oxygen atoms in total. The second kappa shape index (κ2) is 5.01. The monoisotopic (exact) mass is 306 g/mol. The van der Waals surface area contributed by atoms with Gasteiger partial charge in [0.05, 0.1) is 18.0 Å². The van der Waals surface area contributed by atoms with Crippen molar-refractivity contribution in [3.05, 3.63) is 29.7 Å². The number of carbonyl (C=O) groups excluding carboxylic acids is 1. The van der Waals surface area contributed by atoms with Crippen LogP contribution in [-0.4, -0.2) is 35.6 Å². The zero-order valence-corrected chi connectivity index (χ0v) is 11.9. The summed E-state index contributed by atoms with van der Waals surface area (Å²) in [4.78, 5) is 25.9. The number of hydrogen-bond donors (Lipinski definition) is 3. The van der Waals surface area contributed by atoms with E-state index in [2.05, 4.69) is 10.3 Å². The summed E-state index contributed by atoms with van der Waals surface area (Å²) in [7, 11) is 1.46. The van der Waals surface area contributed by atoms with Gasteiger partial charge in [-0.15, -0.1) is 0 Å². The van der Waals surface area contributed by atoms with E-state index in [1.807, 2.05) is 0 Å². The summed E-state index contributed by atoms with van der Waals surface area (Å²) >= 11 is 0. The Labute approximate surface area is 125 Å². The molecule has 2 aromatic rings. The minimum atomic E-state index is -0.905. The van der Waals surface area contributed by atoms with Gasteiger partial charge in [-0.3, -0.25) is 9.59 Å². The van der Waals surface area contributed by atoms with Crippen LogP contribution in [0.3, 0.4) is 0 Å². The Morgan fingerprint density at radius 1 is 1.45 bits per heavy atom. The maximum Gasteiger partial charge on any atom is 0.311 e. The minimum absolute atomic E-state index is 0.0656. The zero-order valence-electron chi connectivity index (χ0n) is 11.9. The normalized spacial score (nSPS) is 15.5. The number of fused-ring (bicyclic) bond motifs is 1. The highest BCUT2D eigenvalue weighted by atomic mass is 19.1. The number of benzene rings is 1. The van der Waals surface area contributed by atoms with Crippen LogP contribution in [0, 0.1) is 11.2 Å². The summed E-state index contributed by atoms with van der Waals surface area (Å²) in [5.74, 6) is -1.41. The van der Waals surface area contributed by atoms with Gasteiger partial charge in [0, 0.05) is 11.9 Å². The molecule has 0 unspecified atom stereocenters. The number of carboxylic acids is 1. The fourth-order valence-corrected chi connectivity index (χ4v) is 2.42. The van der Waals surface area contributed by atoms with Crippen LogP contribution in [0.2, 0.25) is 0 Å². The number of H-pyrrole nitrogens is 1. The second-order valence-electron chi connectivity index (χ2n) is 5.49. The topological polar surface area (TPSA) is 91.4 Å². The van der Waals surface area contributed by atoms with Crippen LogP contribution in [0.5, 0.6) is 5.75 Å². The molecule has 1 aliphatic carbocycles. The van der Waals surface area contributed by atoms with Gasteiger partial charge in [0.1, 0.15) is 17.3 Å². The molecule has 116 valence electrons. The molecule has 1 fully saturated rings. The fourth-order valence-electron chi connectivity index (χ4n) is 2.42. The molecular weight excluding hydrogens is 291 g/mol. The Morgan fingerprint density at radius 2 is 2.18 bits per heavy atom. The van der Waals surface area contributed by atoms with Crippen molar-refractivity contribution in [3.63, 3.8) is 0 Å². The minimum Gasteiger partial charge on any atom is -0.496 e. The van der Waals surface area contributed by atoms with Gasteiger partial charge in [-0.1, -0.05) is 0 Å². The number of ether oxygens (including phenoxy) is 1. The van der Waals surface area contributed by atoms with E-state index in [1.165, 1.54) is 25.3 Å². The van der Waals surface area contributed by atoms with Gasteiger partial charge >= 0.3 is 5.97 Å². The van der Waals surface area contributed by atoms with Crippen molar-refractivity contribution in [2.75, 3.05) is 13.7 Å². The lowest BCUT2D eigenvalue weighted by Gasteiger charge is -2.10. The van der Waals surface area contributed by atoms with Gasteiger partial charge in [0.25, 0.3) is 5.91 Å². The van der Waals surface area contributed by atoms with Crippen LogP contribution < -0.4 is 10.1 Å². The Kier molecular flexibility index (Phi) is 3.27. The summed E-state index contributed by atoms with van der Waals surface area (Å²) in [6.45, 7) is 0.0656. The molecule has 3 rings (SSSR count). The van der Waals surface area contributed by atoms with Crippen LogP contribution in [0.15, 0.2) is 18.2 Å². The highest BCUT2D eigenvalue weighted by molar-refractivity contribution is 6.00. The largest absolute Gasteiger partial charge is 0.496 e. The van der Waals surface area contributed by atoms with Gasteiger partial charge in [-0.05, 0) is 31.0 Å². The Morgan fingerprint density at radius 3 is 2.77 bits per heavy atom. The van der Waals surface area contributed by atoms with Crippen molar-refractivity contribution in [1.82, 2.24) is 10.3 Å². The lowest BCUT2D eigenvalue weighted by atomic mass is 10.1. The molecular formula is C15H15FN2O4. The average Bonchev–Trinajstić information content (AvgIpc) is 3.16. The van der Waals surface area contributed by atoms with Crippen LogP contribution in [0.4, 0.5) is 4.39 Å². The molecule has 7 heteroatoms. The quantitative estimate of drug-likeness (QED) is 0.787. The molecule has 0 saturated heterocycles. The molecule has 0 spiro atoms. The number of aromatic nitrogens is 1. The SMILES string of the molecule is COc1ccc(F)c2[nH]c(C(=O)NCC3(C(=O)O)CC3)cc12. The maximum absolute atomic E-state index is 13.8. The van der Waals surface area contributed by atoms with Crippen molar-refractivity contribution in [2.24, 2.45) is 5.41 Å². The predicted octanol–water partition coefficient (Wildman–Crippen LogP) is 1.91. The predicted molar refractivity (Wildman–Crippen MR) is 76.4 cm³/mol. The highest BCUT2D eigenvalue weighted by Crippen LogP contribution is 2.45. The summed E-state index contributed by atoms with van der Waals surface area (Å²) in [5.41, 5.74) is -0.492. The second-order valence-corrected chi connectivity index (χ2v) is 5.49. The van der Waals surface area contributed by atoms with Crippen LogP contribution >= 0.6 is 0 Å². The van der Waals surface area contributed by atoms with Crippen molar-refractivity contribution in [3.8, 4) is 5.75 Å². The van der Waals surface area contributed by atoms with E-state index in [4.69, 9.17) is 9.84 Å². The first-order valence-corrected chi connectivity index (χ1v) is 6.84. The number of rotatable bonds is 5. The summed E-state index contributed by atoms with van der Waals surface area (Å²) in [6, 6.07) is 4.23. The van der Waals surface area contributed by atoms with Gasteiger partial charge in [0.15, 0.2) is 0 Å².